The van der Waals surface area contributed by atoms with Gasteiger partial charge in [0, 0.05) is 5.70 Å². The van der Waals surface area contributed by atoms with Crippen molar-refractivity contribution < 1.29 is 4.79 Å². The maximum Gasteiger partial charge on any atom is 0.230 e. The number of carbonyl (C=O) groups is 1. The lowest BCUT2D eigenvalue weighted by molar-refractivity contribution is -0.122. The maximum absolute atomic E-state index is 11.4. The van der Waals surface area contributed by atoms with E-state index in [0.717, 1.165) is 18.5 Å². The van der Waals surface area contributed by atoms with Crippen LogP contribution in [0.25, 0.3) is 0 Å². The molecule has 1 aliphatic heterocycles. The van der Waals surface area contributed by atoms with Crippen molar-refractivity contribution in [1.82, 2.24) is 5.32 Å². The fraction of sp³-hybridized carbons (Fsp3) is 0.500. The number of amides is 1. The molecule has 1 aliphatic carbocycles. The molecule has 0 saturated heterocycles. The molecule has 1 unspecified atom stereocenters. The van der Waals surface area contributed by atoms with Crippen molar-refractivity contribution in [2.45, 2.75) is 26.2 Å². The Kier molecular flexibility index (Phi) is 1.75. The zero-order valence-corrected chi connectivity index (χ0v) is 7.26. The molecule has 1 amide bonds. The van der Waals surface area contributed by atoms with Crippen LogP contribution in [0.1, 0.15) is 26.2 Å². The summed E-state index contributed by atoms with van der Waals surface area (Å²) in [6.07, 6.45) is 7.44. The third-order valence-corrected chi connectivity index (χ3v) is 2.53. The zero-order valence-electron chi connectivity index (χ0n) is 7.26. The van der Waals surface area contributed by atoms with Crippen LogP contribution in [0.2, 0.25) is 0 Å². The second-order valence-electron chi connectivity index (χ2n) is 3.49. The minimum absolute atomic E-state index is 0.0237. The van der Waals surface area contributed by atoms with Crippen LogP contribution in [0.3, 0.4) is 0 Å². The van der Waals surface area contributed by atoms with Crippen LogP contribution in [-0.2, 0) is 4.79 Å². The molecule has 0 aromatic heterocycles. The summed E-state index contributed by atoms with van der Waals surface area (Å²) in [6, 6.07) is 0. The fourth-order valence-electron chi connectivity index (χ4n) is 1.70. The van der Waals surface area contributed by atoms with Crippen molar-refractivity contribution >= 4 is 5.91 Å². The van der Waals surface area contributed by atoms with Crippen molar-refractivity contribution in [2.24, 2.45) is 5.92 Å². The van der Waals surface area contributed by atoms with Gasteiger partial charge in [0.15, 0.2) is 0 Å². The fourth-order valence-corrected chi connectivity index (χ4v) is 1.70. The third kappa shape index (κ3) is 1.17. The molecule has 0 aromatic rings. The number of hydrogen-bond acceptors (Lipinski definition) is 1. The lowest BCUT2D eigenvalue weighted by Gasteiger charge is -2.06. The summed E-state index contributed by atoms with van der Waals surface area (Å²) in [5, 5.41) is 2.97. The normalized spacial score (nSPS) is 28.4. The second kappa shape index (κ2) is 2.77. The van der Waals surface area contributed by atoms with E-state index in [1.807, 2.05) is 13.0 Å². The molecule has 12 heavy (non-hydrogen) atoms. The molecule has 2 aliphatic rings. The Balaban J connectivity index is 2.28. The maximum atomic E-state index is 11.4. The molecule has 1 atom stereocenters. The molecule has 64 valence electrons. The molecule has 0 aromatic carbocycles. The van der Waals surface area contributed by atoms with Gasteiger partial charge in [-0.05, 0) is 24.8 Å². The summed E-state index contributed by atoms with van der Waals surface area (Å²) < 4.78 is 0. The highest BCUT2D eigenvalue weighted by Gasteiger charge is 2.20. The van der Waals surface area contributed by atoms with Crippen molar-refractivity contribution in [3.05, 3.63) is 23.4 Å². The van der Waals surface area contributed by atoms with Gasteiger partial charge >= 0.3 is 0 Å². The topological polar surface area (TPSA) is 29.1 Å². The number of allylic oxidation sites excluding steroid dienone is 3. The van der Waals surface area contributed by atoms with Crippen molar-refractivity contribution in [3.8, 4) is 0 Å². The van der Waals surface area contributed by atoms with E-state index < -0.39 is 0 Å². The Morgan fingerprint density at radius 1 is 1.50 bits per heavy atom. The summed E-state index contributed by atoms with van der Waals surface area (Å²) in [4.78, 5) is 11.4. The number of nitrogens with one attached hydrogen (secondary N) is 1. The molecular weight excluding hydrogens is 150 g/mol. The first-order valence-electron chi connectivity index (χ1n) is 4.48. The highest BCUT2D eigenvalue weighted by atomic mass is 16.1. The Morgan fingerprint density at radius 3 is 3.17 bits per heavy atom. The van der Waals surface area contributed by atoms with Gasteiger partial charge in [-0.2, -0.15) is 0 Å². The smallest absolute Gasteiger partial charge is 0.230 e. The Hall–Kier alpha value is -1.05. The van der Waals surface area contributed by atoms with Crippen molar-refractivity contribution in [3.63, 3.8) is 0 Å². The van der Waals surface area contributed by atoms with Crippen LogP contribution in [0.5, 0.6) is 0 Å². The molecule has 0 saturated carbocycles. The average Bonchev–Trinajstić information content (AvgIpc) is 2.43. The molecule has 1 heterocycles. The van der Waals surface area contributed by atoms with Gasteiger partial charge in [0.05, 0.1) is 5.92 Å². The first-order chi connectivity index (χ1) is 5.77. The van der Waals surface area contributed by atoms with Crippen LogP contribution < -0.4 is 5.32 Å². The van der Waals surface area contributed by atoms with Gasteiger partial charge in [-0.3, -0.25) is 4.79 Å². The average molecular weight is 163 g/mol. The number of rotatable bonds is 0. The molecule has 2 heteroatoms. The highest BCUT2D eigenvalue weighted by molar-refractivity contribution is 5.82. The zero-order chi connectivity index (χ0) is 8.55. The Morgan fingerprint density at radius 2 is 2.33 bits per heavy atom. The van der Waals surface area contributed by atoms with Crippen molar-refractivity contribution in [1.29, 1.82) is 0 Å². The second-order valence-corrected chi connectivity index (χ2v) is 3.49. The van der Waals surface area contributed by atoms with Gasteiger partial charge < -0.3 is 5.32 Å². The lowest BCUT2D eigenvalue weighted by atomic mass is 10.1. The highest BCUT2D eigenvalue weighted by Crippen LogP contribution is 2.27. The van der Waals surface area contributed by atoms with E-state index in [4.69, 9.17) is 0 Å². The van der Waals surface area contributed by atoms with E-state index in [-0.39, 0.29) is 11.8 Å². The monoisotopic (exact) mass is 163 g/mol. The third-order valence-electron chi connectivity index (χ3n) is 2.53. The molecule has 1 N–H and O–H groups in total. The SMILES string of the molecule is CC1C=CC2=C(CCC2)NC1=O. The van der Waals surface area contributed by atoms with Crippen LogP contribution in [0.15, 0.2) is 23.4 Å². The molecule has 0 radical (unpaired) electrons. The molecule has 0 fully saturated rings. The van der Waals surface area contributed by atoms with E-state index in [9.17, 15) is 4.79 Å². The Labute approximate surface area is 72.3 Å². The van der Waals surface area contributed by atoms with Crippen LogP contribution in [-0.4, -0.2) is 5.91 Å². The minimum atomic E-state index is 0.0237. The standard InChI is InChI=1S/C10H13NO/c1-7-5-6-8-3-2-4-9(8)11-10(7)12/h5-7H,2-4H2,1H3,(H,11,12). The number of carbonyl (C=O) groups excluding carboxylic acids is 1. The quantitative estimate of drug-likeness (QED) is 0.579. The van der Waals surface area contributed by atoms with E-state index in [0.29, 0.717) is 0 Å². The first-order valence-corrected chi connectivity index (χ1v) is 4.48. The largest absolute Gasteiger partial charge is 0.329 e. The van der Waals surface area contributed by atoms with E-state index in [2.05, 4.69) is 11.4 Å². The molecule has 2 nitrogen and oxygen atoms in total. The van der Waals surface area contributed by atoms with Crippen molar-refractivity contribution in [2.75, 3.05) is 0 Å². The lowest BCUT2D eigenvalue weighted by Crippen LogP contribution is -2.26. The van der Waals surface area contributed by atoms with Gasteiger partial charge in [0.2, 0.25) is 5.91 Å². The minimum Gasteiger partial charge on any atom is -0.329 e. The Bertz CT molecular complexity index is 276. The first kappa shape index (κ1) is 7.59. The van der Waals surface area contributed by atoms with E-state index in [1.165, 1.54) is 12.0 Å². The van der Waals surface area contributed by atoms with Gasteiger partial charge in [-0.15, -0.1) is 0 Å². The molecule has 2 rings (SSSR count). The summed E-state index contributed by atoms with van der Waals surface area (Å²) >= 11 is 0. The van der Waals surface area contributed by atoms with Gasteiger partial charge in [0.25, 0.3) is 0 Å². The summed E-state index contributed by atoms with van der Waals surface area (Å²) in [7, 11) is 0. The number of hydrogen-bond donors (Lipinski definition) is 1. The van der Waals surface area contributed by atoms with Crippen LogP contribution in [0, 0.1) is 5.92 Å². The summed E-state index contributed by atoms with van der Waals surface area (Å²) in [6.45, 7) is 1.92. The molecule has 0 bridgehead atoms. The van der Waals surface area contributed by atoms with Gasteiger partial charge in [-0.1, -0.05) is 19.1 Å². The molecular formula is C10H13NO. The van der Waals surface area contributed by atoms with Crippen LogP contribution in [0.4, 0.5) is 0 Å². The van der Waals surface area contributed by atoms with Crippen LogP contribution >= 0.6 is 0 Å². The predicted molar refractivity (Wildman–Crippen MR) is 47.3 cm³/mol. The summed E-state index contributed by atoms with van der Waals surface area (Å²) in [5.41, 5.74) is 2.48. The summed E-state index contributed by atoms with van der Waals surface area (Å²) in [5.74, 6) is 0.161. The van der Waals surface area contributed by atoms with Gasteiger partial charge in [0.1, 0.15) is 0 Å². The van der Waals surface area contributed by atoms with E-state index in [1.54, 1.807) is 0 Å². The predicted octanol–water partition coefficient (Wildman–Crippen LogP) is 1.75. The van der Waals surface area contributed by atoms with Gasteiger partial charge in [-0.25, -0.2) is 0 Å². The molecule has 0 spiro atoms. The van der Waals surface area contributed by atoms with E-state index >= 15 is 0 Å².